The molecule has 0 atom stereocenters. The van der Waals surface area contributed by atoms with E-state index in [0.29, 0.717) is 18.2 Å². The Morgan fingerprint density at radius 1 is 0.556 bits per heavy atom. The number of rotatable bonds is 1. The predicted molar refractivity (Wildman–Crippen MR) is 51.6 cm³/mol. The van der Waals surface area contributed by atoms with Gasteiger partial charge in [-0.2, -0.15) is 0 Å². The summed E-state index contributed by atoms with van der Waals surface area (Å²) in [5.41, 5.74) is -1.58. The van der Waals surface area contributed by atoms with Gasteiger partial charge in [0.2, 0.25) is 0 Å². The first-order chi connectivity index (χ1) is 8.41. The number of hydrogen-bond acceptors (Lipinski definition) is 0. The molecule has 18 heavy (non-hydrogen) atoms. The summed E-state index contributed by atoms with van der Waals surface area (Å²) in [4.78, 5) is 0. The van der Waals surface area contributed by atoms with E-state index in [1.807, 2.05) is 0 Å². The van der Waals surface area contributed by atoms with Gasteiger partial charge < -0.3 is 0 Å². The highest BCUT2D eigenvalue weighted by Crippen LogP contribution is 2.29. The predicted octanol–water partition coefficient (Wildman–Crippen LogP) is 4.19. The van der Waals surface area contributed by atoms with Gasteiger partial charge in [0.15, 0.2) is 29.1 Å². The Kier molecular flexibility index (Phi) is 3.02. The van der Waals surface area contributed by atoms with Crippen molar-refractivity contribution in [1.29, 1.82) is 0 Å². The van der Waals surface area contributed by atoms with Gasteiger partial charge in [0.25, 0.3) is 0 Å². The summed E-state index contributed by atoms with van der Waals surface area (Å²) in [6.07, 6.45) is 0. The zero-order valence-electron chi connectivity index (χ0n) is 8.58. The molecule has 0 amide bonds. The molecule has 0 heterocycles. The summed E-state index contributed by atoms with van der Waals surface area (Å²) in [6, 6.07) is 1.99. The van der Waals surface area contributed by atoms with E-state index in [-0.39, 0.29) is 6.07 Å². The minimum absolute atomic E-state index is 0.261. The fourth-order valence-electron chi connectivity index (χ4n) is 1.49. The molecule has 0 aliphatic heterocycles. The molecule has 0 spiro atoms. The van der Waals surface area contributed by atoms with Gasteiger partial charge in [0.05, 0.1) is 0 Å². The van der Waals surface area contributed by atoms with E-state index in [2.05, 4.69) is 0 Å². The molecule has 2 aromatic rings. The molecule has 0 saturated heterocycles. The van der Waals surface area contributed by atoms with Crippen LogP contribution in [0.15, 0.2) is 24.3 Å². The molecule has 2 rings (SSSR count). The lowest BCUT2D eigenvalue weighted by atomic mass is 10.0. The van der Waals surface area contributed by atoms with Crippen molar-refractivity contribution in [3.63, 3.8) is 0 Å². The Balaban J connectivity index is 2.74. The van der Waals surface area contributed by atoms with Crippen molar-refractivity contribution in [2.24, 2.45) is 0 Å². The molecule has 6 heteroatoms. The molecule has 0 aliphatic carbocycles. The lowest BCUT2D eigenvalue weighted by Crippen LogP contribution is -1.98. The molecule has 0 saturated carbocycles. The van der Waals surface area contributed by atoms with E-state index in [1.165, 1.54) is 0 Å². The molecule has 0 aromatic heterocycles. The van der Waals surface area contributed by atoms with Gasteiger partial charge >= 0.3 is 0 Å². The Bertz CT molecular complexity index is 620. The number of hydrogen-bond donors (Lipinski definition) is 0. The molecule has 0 unspecified atom stereocenters. The fourth-order valence-corrected chi connectivity index (χ4v) is 1.49. The van der Waals surface area contributed by atoms with Gasteiger partial charge in [-0.25, -0.2) is 26.3 Å². The monoisotopic (exact) mass is 262 g/mol. The van der Waals surface area contributed by atoms with Crippen LogP contribution in [0.1, 0.15) is 0 Å². The van der Waals surface area contributed by atoms with Crippen molar-refractivity contribution in [3.8, 4) is 11.1 Å². The quantitative estimate of drug-likeness (QED) is 0.410. The van der Waals surface area contributed by atoms with E-state index >= 15 is 0 Å². The number of halogens is 6. The summed E-state index contributed by atoms with van der Waals surface area (Å²) in [6.45, 7) is 0. The first-order valence-corrected chi connectivity index (χ1v) is 4.70. The zero-order chi connectivity index (χ0) is 13.4. The maximum Gasteiger partial charge on any atom is 0.195 e. The number of benzene rings is 2. The third-order valence-electron chi connectivity index (χ3n) is 2.32. The lowest BCUT2D eigenvalue weighted by Gasteiger charge is -2.07. The summed E-state index contributed by atoms with van der Waals surface area (Å²) in [7, 11) is 0. The normalized spacial score (nSPS) is 10.8. The molecule has 0 fully saturated rings. The van der Waals surface area contributed by atoms with E-state index in [1.54, 1.807) is 0 Å². The highest BCUT2D eigenvalue weighted by molar-refractivity contribution is 5.65. The highest BCUT2D eigenvalue weighted by Gasteiger charge is 2.20. The smallest absolute Gasteiger partial charge is 0.195 e. The standard InChI is InChI=1S/C12H4F6/c13-5-3-7(10(16)9(15)4-5)6-1-2-8(14)12(18)11(6)17/h1-4H. The van der Waals surface area contributed by atoms with Crippen molar-refractivity contribution in [2.75, 3.05) is 0 Å². The van der Waals surface area contributed by atoms with Crippen LogP contribution < -0.4 is 0 Å². The van der Waals surface area contributed by atoms with Gasteiger partial charge in [-0.15, -0.1) is 0 Å². The van der Waals surface area contributed by atoms with E-state index < -0.39 is 46.0 Å². The van der Waals surface area contributed by atoms with Crippen LogP contribution in [-0.4, -0.2) is 0 Å². The van der Waals surface area contributed by atoms with Crippen LogP contribution in [0.3, 0.4) is 0 Å². The van der Waals surface area contributed by atoms with E-state index in [9.17, 15) is 26.3 Å². The summed E-state index contributed by atoms with van der Waals surface area (Å²) < 4.78 is 78.2. The van der Waals surface area contributed by atoms with Crippen LogP contribution in [0.4, 0.5) is 26.3 Å². The molecule has 0 aliphatic rings. The first kappa shape index (κ1) is 12.5. The van der Waals surface area contributed by atoms with Crippen molar-refractivity contribution < 1.29 is 26.3 Å². The summed E-state index contributed by atoms with van der Waals surface area (Å²) >= 11 is 0. The van der Waals surface area contributed by atoms with Crippen LogP contribution in [0.5, 0.6) is 0 Å². The second-order valence-corrected chi connectivity index (χ2v) is 3.47. The van der Waals surface area contributed by atoms with E-state index in [0.717, 1.165) is 0 Å². The Labute approximate surface area is 97.5 Å². The second kappa shape index (κ2) is 4.36. The molecular weight excluding hydrogens is 258 g/mol. The highest BCUT2D eigenvalue weighted by atomic mass is 19.2. The molecule has 0 nitrogen and oxygen atoms in total. The SMILES string of the molecule is Fc1cc(F)c(F)c(-c2ccc(F)c(F)c2F)c1. The molecule has 0 radical (unpaired) electrons. The van der Waals surface area contributed by atoms with Gasteiger partial charge in [-0.05, 0) is 18.2 Å². The van der Waals surface area contributed by atoms with Crippen LogP contribution in [0, 0.1) is 34.9 Å². The lowest BCUT2D eigenvalue weighted by molar-refractivity contribution is 0.447. The third kappa shape index (κ3) is 1.94. The second-order valence-electron chi connectivity index (χ2n) is 3.47. The topological polar surface area (TPSA) is 0 Å². The molecule has 0 N–H and O–H groups in total. The van der Waals surface area contributed by atoms with Crippen molar-refractivity contribution in [1.82, 2.24) is 0 Å². The fraction of sp³-hybridized carbons (Fsp3) is 0. The maximum absolute atomic E-state index is 13.4. The van der Waals surface area contributed by atoms with Crippen LogP contribution in [0.2, 0.25) is 0 Å². The molecule has 2 aromatic carbocycles. The zero-order valence-corrected chi connectivity index (χ0v) is 8.58. The molecule has 94 valence electrons. The van der Waals surface area contributed by atoms with Crippen molar-refractivity contribution in [3.05, 3.63) is 59.2 Å². The van der Waals surface area contributed by atoms with Gasteiger partial charge in [0, 0.05) is 17.2 Å². The maximum atomic E-state index is 13.4. The Hall–Kier alpha value is -1.98. The van der Waals surface area contributed by atoms with Crippen LogP contribution in [0.25, 0.3) is 11.1 Å². The summed E-state index contributed by atoms with van der Waals surface area (Å²) in [5.74, 6) is -9.27. The minimum Gasteiger partial charge on any atom is -0.207 e. The molecular formula is C12H4F6. The molecule has 0 bridgehead atoms. The minimum atomic E-state index is -1.84. The first-order valence-electron chi connectivity index (χ1n) is 4.70. The largest absolute Gasteiger partial charge is 0.207 e. The van der Waals surface area contributed by atoms with Gasteiger partial charge in [-0.3, -0.25) is 0 Å². The Morgan fingerprint density at radius 3 is 1.89 bits per heavy atom. The van der Waals surface area contributed by atoms with Crippen LogP contribution in [-0.2, 0) is 0 Å². The van der Waals surface area contributed by atoms with Crippen molar-refractivity contribution >= 4 is 0 Å². The van der Waals surface area contributed by atoms with Crippen LogP contribution >= 0.6 is 0 Å². The third-order valence-corrected chi connectivity index (χ3v) is 2.32. The average Bonchev–Trinajstić information content (AvgIpc) is 2.31. The van der Waals surface area contributed by atoms with Gasteiger partial charge in [0.1, 0.15) is 5.82 Å². The Morgan fingerprint density at radius 2 is 1.22 bits per heavy atom. The van der Waals surface area contributed by atoms with E-state index in [4.69, 9.17) is 0 Å². The van der Waals surface area contributed by atoms with Gasteiger partial charge in [-0.1, -0.05) is 0 Å². The van der Waals surface area contributed by atoms with Crippen molar-refractivity contribution in [2.45, 2.75) is 0 Å². The average molecular weight is 262 g/mol. The summed E-state index contributed by atoms with van der Waals surface area (Å²) in [5, 5.41) is 0.